The third-order valence-corrected chi connectivity index (χ3v) is 3.27. The van der Waals surface area contributed by atoms with Crippen LogP contribution in [0.4, 0.5) is 4.79 Å². The fraction of sp³-hybridized carbons (Fsp3) is 0.235. The molecule has 0 saturated carbocycles. The molecule has 7 heteroatoms. The number of hydrogen-bond acceptors (Lipinski definition) is 4. The van der Waals surface area contributed by atoms with Crippen LogP contribution < -0.4 is 5.32 Å². The second-order valence-electron chi connectivity index (χ2n) is 5.41. The van der Waals surface area contributed by atoms with Crippen molar-refractivity contribution in [3.63, 3.8) is 0 Å². The molecule has 0 saturated heterocycles. The molecule has 2 amide bonds. The van der Waals surface area contributed by atoms with Gasteiger partial charge in [-0.05, 0) is 18.2 Å². The van der Waals surface area contributed by atoms with E-state index in [4.69, 9.17) is 0 Å². The zero-order valence-electron chi connectivity index (χ0n) is 14.1. The van der Waals surface area contributed by atoms with Gasteiger partial charge in [0.1, 0.15) is 11.0 Å². The average Bonchev–Trinajstić information content (AvgIpc) is 2.86. The molecule has 24 heavy (non-hydrogen) atoms. The van der Waals surface area contributed by atoms with E-state index in [9.17, 15) is 4.79 Å². The first-order valence-electron chi connectivity index (χ1n) is 7.55. The molecule has 1 aromatic heterocycles. The molecule has 0 spiro atoms. The highest BCUT2D eigenvalue weighted by atomic mass is 16.2. The minimum atomic E-state index is -0.0366. The summed E-state index contributed by atoms with van der Waals surface area (Å²) >= 11 is 0. The summed E-state index contributed by atoms with van der Waals surface area (Å²) in [5, 5.41) is 13.6. The third kappa shape index (κ3) is 4.70. The molecule has 0 aliphatic carbocycles. The van der Waals surface area contributed by atoms with Gasteiger partial charge in [-0.3, -0.25) is 0 Å². The molecular weight excluding hydrogens is 304 g/mol. The number of benzene rings is 1. The molecule has 2 N–H and O–H groups in total. The van der Waals surface area contributed by atoms with Gasteiger partial charge in [0, 0.05) is 45.7 Å². The minimum Gasteiger partial charge on any atom is -0.368 e. The van der Waals surface area contributed by atoms with E-state index in [-0.39, 0.29) is 6.03 Å². The molecule has 0 unspecified atom stereocenters. The topological polar surface area (TPSA) is 77.2 Å². The van der Waals surface area contributed by atoms with E-state index in [0.717, 1.165) is 16.6 Å². The molecular formula is C17H22N6O. The van der Waals surface area contributed by atoms with Crippen molar-refractivity contribution in [1.29, 1.82) is 0 Å². The van der Waals surface area contributed by atoms with Crippen molar-refractivity contribution in [1.82, 2.24) is 30.5 Å². The molecule has 2 heterocycles. The Morgan fingerprint density at radius 1 is 1.04 bits per heavy atom. The maximum Gasteiger partial charge on any atom is 0.319 e. The summed E-state index contributed by atoms with van der Waals surface area (Å²) in [6.07, 6.45) is 11.6. The van der Waals surface area contributed by atoms with Crippen LogP contribution in [-0.2, 0) is 6.54 Å². The van der Waals surface area contributed by atoms with Gasteiger partial charge in [0.05, 0.1) is 0 Å². The number of amides is 2. The minimum absolute atomic E-state index is 0.0366. The highest BCUT2D eigenvalue weighted by molar-refractivity contribution is 5.78. The lowest BCUT2D eigenvalue weighted by Gasteiger charge is -2.21. The number of allylic oxidation sites excluding steroid dienone is 4. The van der Waals surface area contributed by atoms with Crippen LogP contribution in [0, 0.1) is 0 Å². The summed E-state index contributed by atoms with van der Waals surface area (Å²) in [6.45, 7) is 0.515. The van der Waals surface area contributed by atoms with Crippen molar-refractivity contribution in [2.75, 3.05) is 21.1 Å². The molecule has 3 rings (SSSR count). The number of H-pyrrole nitrogens is 1. The standard InChI is InChI=1S/C11H15N5O.C6H7N/c1-15(2)11(17)16(3)7-8-5-4-6-9-10(8)13-14-12-9;1-2-4-6-7-5-3-1/h4-6H,7H2,1-3H3,(H,12,13,14);1-7H. The van der Waals surface area contributed by atoms with Crippen LogP contribution in [0.5, 0.6) is 0 Å². The molecule has 7 nitrogen and oxygen atoms in total. The van der Waals surface area contributed by atoms with Gasteiger partial charge >= 0.3 is 6.03 Å². The summed E-state index contributed by atoms with van der Waals surface area (Å²) in [5.74, 6) is 0. The van der Waals surface area contributed by atoms with E-state index >= 15 is 0 Å². The second-order valence-corrected chi connectivity index (χ2v) is 5.41. The van der Waals surface area contributed by atoms with Crippen LogP contribution in [0.25, 0.3) is 11.0 Å². The molecule has 126 valence electrons. The van der Waals surface area contributed by atoms with Crippen LogP contribution in [-0.4, -0.2) is 52.4 Å². The number of fused-ring (bicyclic) bond motifs is 1. The molecule has 0 radical (unpaired) electrons. The molecule has 1 aliphatic rings. The van der Waals surface area contributed by atoms with E-state index in [2.05, 4.69) is 20.7 Å². The van der Waals surface area contributed by atoms with E-state index in [1.807, 2.05) is 54.9 Å². The number of aromatic nitrogens is 3. The lowest BCUT2D eigenvalue weighted by atomic mass is 10.2. The Hall–Kier alpha value is -3.09. The average molecular weight is 326 g/mol. The number of rotatable bonds is 2. The Balaban J connectivity index is 0.000000249. The van der Waals surface area contributed by atoms with Gasteiger partial charge in [-0.15, -0.1) is 0 Å². The number of carbonyl (C=O) groups excluding carboxylic acids is 1. The maximum absolute atomic E-state index is 11.7. The van der Waals surface area contributed by atoms with E-state index in [1.165, 1.54) is 0 Å². The van der Waals surface area contributed by atoms with Crippen LogP contribution in [0.3, 0.4) is 0 Å². The van der Waals surface area contributed by atoms with Gasteiger partial charge in [0.2, 0.25) is 0 Å². The maximum atomic E-state index is 11.7. The number of aromatic amines is 1. The van der Waals surface area contributed by atoms with E-state index < -0.39 is 0 Å². The van der Waals surface area contributed by atoms with E-state index in [1.54, 1.807) is 30.9 Å². The highest BCUT2D eigenvalue weighted by Gasteiger charge is 2.13. The third-order valence-electron chi connectivity index (χ3n) is 3.27. The summed E-state index contributed by atoms with van der Waals surface area (Å²) in [5.41, 5.74) is 2.60. The monoisotopic (exact) mass is 326 g/mol. The summed E-state index contributed by atoms with van der Waals surface area (Å²) in [6, 6.07) is 5.71. The number of para-hydroxylation sites is 1. The highest BCUT2D eigenvalue weighted by Crippen LogP contribution is 2.15. The van der Waals surface area contributed by atoms with Gasteiger partial charge in [-0.1, -0.05) is 24.3 Å². The van der Waals surface area contributed by atoms with Crippen molar-refractivity contribution in [3.05, 3.63) is 60.5 Å². The number of carbonyl (C=O) groups is 1. The van der Waals surface area contributed by atoms with E-state index in [0.29, 0.717) is 6.54 Å². The number of urea groups is 1. The zero-order valence-corrected chi connectivity index (χ0v) is 14.1. The largest absolute Gasteiger partial charge is 0.368 e. The first-order chi connectivity index (χ1) is 11.6. The molecule has 0 fully saturated rings. The van der Waals surface area contributed by atoms with Crippen molar-refractivity contribution < 1.29 is 4.79 Å². The number of nitrogens with one attached hydrogen (secondary N) is 2. The lowest BCUT2D eigenvalue weighted by Crippen LogP contribution is -2.35. The summed E-state index contributed by atoms with van der Waals surface area (Å²) in [4.78, 5) is 14.9. The van der Waals surface area contributed by atoms with Gasteiger partial charge in [-0.2, -0.15) is 15.4 Å². The smallest absolute Gasteiger partial charge is 0.319 e. The van der Waals surface area contributed by atoms with Crippen molar-refractivity contribution in [2.45, 2.75) is 6.54 Å². The van der Waals surface area contributed by atoms with Crippen LogP contribution >= 0.6 is 0 Å². The van der Waals surface area contributed by atoms with Gasteiger partial charge in [0.25, 0.3) is 0 Å². The Labute approximate surface area is 141 Å². The number of nitrogens with zero attached hydrogens (tertiary/aromatic N) is 4. The molecule has 1 aliphatic heterocycles. The Morgan fingerprint density at radius 2 is 1.75 bits per heavy atom. The Morgan fingerprint density at radius 3 is 2.42 bits per heavy atom. The first kappa shape index (κ1) is 17.3. The predicted molar refractivity (Wildman–Crippen MR) is 95.0 cm³/mol. The molecule has 0 atom stereocenters. The lowest BCUT2D eigenvalue weighted by molar-refractivity contribution is 0.180. The Bertz CT molecular complexity index is 745. The van der Waals surface area contributed by atoms with Gasteiger partial charge in [0.15, 0.2) is 0 Å². The summed E-state index contributed by atoms with van der Waals surface area (Å²) < 4.78 is 0. The Kier molecular flexibility index (Phi) is 6.13. The SMILES string of the molecule is C1=CC=CNC=C1.CN(C)C(=O)N(C)Cc1cccc2n[nH]nc12. The van der Waals surface area contributed by atoms with Crippen molar-refractivity contribution in [3.8, 4) is 0 Å². The van der Waals surface area contributed by atoms with Gasteiger partial charge < -0.3 is 15.1 Å². The predicted octanol–water partition coefficient (Wildman–Crippen LogP) is 2.24. The fourth-order valence-electron chi connectivity index (χ4n) is 2.12. The molecule has 2 aromatic rings. The molecule has 1 aromatic carbocycles. The number of hydrogen-bond donors (Lipinski definition) is 2. The first-order valence-corrected chi connectivity index (χ1v) is 7.55. The zero-order chi connectivity index (χ0) is 17.4. The van der Waals surface area contributed by atoms with Crippen LogP contribution in [0.15, 0.2) is 54.9 Å². The van der Waals surface area contributed by atoms with Crippen LogP contribution in [0.1, 0.15) is 5.56 Å². The summed E-state index contributed by atoms with van der Waals surface area (Å²) in [7, 11) is 5.23. The second kappa shape index (κ2) is 8.52. The van der Waals surface area contributed by atoms with Crippen molar-refractivity contribution in [2.24, 2.45) is 0 Å². The van der Waals surface area contributed by atoms with Crippen molar-refractivity contribution >= 4 is 17.1 Å². The van der Waals surface area contributed by atoms with Crippen LogP contribution in [0.2, 0.25) is 0 Å². The van der Waals surface area contributed by atoms with Gasteiger partial charge in [-0.25, -0.2) is 4.79 Å². The quantitative estimate of drug-likeness (QED) is 0.887. The molecule has 0 bridgehead atoms. The normalized spacial score (nSPS) is 12.1. The fourth-order valence-corrected chi connectivity index (χ4v) is 2.12.